The summed E-state index contributed by atoms with van der Waals surface area (Å²) in [7, 11) is 0. The van der Waals surface area contributed by atoms with Crippen LogP contribution < -0.4 is 0 Å². The monoisotopic (exact) mass is 632 g/mol. The standard InChI is InChI=1S/6C4H9.C4H2.2Sn/c7*1-3-4-2;;/h6*1,3-4H2,2H3;1,3H;;. The van der Waals surface area contributed by atoms with Gasteiger partial charge >= 0.3 is 202 Å². The number of allylic oxidation sites excluding steroid dienone is 1. The fraction of sp³-hybridized carbons (Fsp3) is 0.857. The molecule has 30 heavy (non-hydrogen) atoms. The van der Waals surface area contributed by atoms with E-state index < -0.39 is 36.8 Å². The van der Waals surface area contributed by atoms with E-state index in [-0.39, 0.29) is 0 Å². The average Bonchev–Trinajstić information content (AvgIpc) is 2.77. The van der Waals surface area contributed by atoms with Crippen molar-refractivity contribution in [2.45, 2.75) is 145 Å². The van der Waals surface area contributed by atoms with Crippen LogP contribution in [0, 0.1) is 9.86 Å². The predicted octanol–water partition coefficient (Wildman–Crippen LogP) is 10.3. The Morgan fingerprint density at radius 2 is 0.833 bits per heavy atom. The van der Waals surface area contributed by atoms with Crippen LogP contribution in [0.4, 0.5) is 0 Å². The molecule has 0 aromatic rings. The van der Waals surface area contributed by atoms with E-state index in [1.54, 1.807) is 13.3 Å². The minimum atomic E-state index is -2.29. The summed E-state index contributed by atoms with van der Waals surface area (Å²) < 4.78 is 16.1. The molecule has 0 aliphatic carbocycles. The van der Waals surface area contributed by atoms with E-state index in [0.29, 0.717) is 0 Å². The van der Waals surface area contributed by atoms with Gasteiger partial charge in [-0.1, -0.05) is 0 Å². The van der Waals surface area contributed by atoms with Crippen LogP contribution in [0.2, 0.25) is 26.6 Å². The van der Waals surface area contributed by atoms with Crippen LogP contribution in [0.5, 0.6) is 0 Å². The molecule has 0 atom stereocenters. The molecule has 0 fully saturated rings. The summed E-state index contributed by atoms with van der Waals surface area (Å²) in [6, 6.07) is 0. The Hall–Kier alpha value is 0.897. The van der Waals surface area contributed by atoms with E-state index in [1.165, 1.54) is 90.4 Å². The first-order chi connectivity index (χ1) is 14.6. The van der Waals surface area contributed by atoms with Crippen LogP contribution in [0.3, 0.4) is 0 Å². The summed E-state index contributed by atoms with van der Waals surface area (Å²) in [5.41, 5.74) is 0. The van der Waals surface area contributed by atoms with Crippen LogP contribution in [-0.2, 0) is 0 Å². The molecule has 0 N–H and O–H groups in total. The molecule has 0 unspecified atom stereocenters. The summed E-state index contributed by atoms with van der Waals surface area (Å²) in [4.78, 5) is 0. The van der Waals surface area contributed by atoms with Gasteiger partial charge in [0, 0.05) is 0 Å². The molecule has 0 radical (unpaired) electrons. The molecule has 0 saturated carbocycles. The van der Waals surface area contributed by atoms with Gasteiger partial charge in [-0.2, -0.15) is 0 Å². The first kappa shape index (κ1) is 30.9. The van der Waals surface area contributed by atoms with Gasteiger partial charge in [-0.05, 0) is 0 Å². The Balaban J connectivity index is 5.63. The molecule has 0 amide bonds. The van der Waals surface area contributed by atoms with E-state index in [2.05, 4.69) is 61.6 Å². The topological polar surface area (TPSA) is 0 Å². The molecular formula is C28H56Sn2. The maximum atomic E-state index is 4.09. The predicted molar refractivity (Wildman–Crippen MR) is 147 cm³/mol. The molecule has 0 nitrogen and oxygen atoms in total. The SMILES string of the molecule is CCC[CH2][Sn]([C]#C/C=[CH]/[Sn]([CH2]CCC)([CH2]CCC)[CH2]CCC)([CH2]CCC)[CH2]CCC. The van der Waals surface area contributed by atoms with Crippen molar-refractivity contribution in [3.8, 4) is 9.86 Å². The van der Waals surface area contributed by atoms with Crippen molar-refractivity contribution in [2.24, 2.45) is 0 Å². The van der Waals surface area contributed by atoms with E-state index in [4.69, 9.17) is 0 Å². The molecule has 0 aromatic carbocycles. The molecule has 0 bridgehead atoms. The Kier molecular flexibility index (Phi) is 21.1. The van der Waals surface area contributed by atoms with Crippen LogP contribution in [0.15, 0.2) is 10.2 Å². The number of rotatable bonds is 19. The number of unbranched alkanes of at least 4 members (excludes halogenated alkanes) is 6. The molecule has 2 heteroatoms. The minimum absolute atomic E-state index is 1.35. The van der Waals surface area contributed by atoms with Gasteiger partial charge in [0.1, 0.15) is 0 Å². The molecule has 0 aliphatic heterocycles. The van der Waals surface area contributed by atoms with Crippen LogP contribution in [0.1, 0.15) is 119 Å². The van der Waals surface area contributed by atoms with Crippen LogP contribution in [-0.4, -0.2) is 36.8 Å². The fourth-order valence-electron chi connectivity index (χ4n) is 4.73. The van der Waals surface area contributed by atoms with Crippen molar-refractivity contribution in [1.82, 2.24) is 0 Å². The zero-order chi connectivity index (χ0) is 22.6. The van der Waals surface area contributed by atoms with E-state index >= 15 is 0 Å². The normalized spacial score (nSPS) is 12.3. The Bertz CT molecular complexity index is 425. The summed E-state index contributed by atoms with van der Waals surface area (Å²) in [6.45, 7) is 14.2. The Labute approximate surface area is 200 Å². The van der Waals surface area contributed by atoms with Gasteiger partial charge in [-0.15, -0.1) is 0 Å². The molecular weight excluding hydrogens is 574 g/mol. The molecule has 176 valence electrons. The fourth-order valence-corrected chi connectivity index (χ4v) is 31.7. The van der Waals surface area contributed by atoms with Gasteiger partial charge < -0.3 is 0 Å². The van der Waals surface area contributed by atoms with Crippen molar-refractivity contribution in [2.75, 3.05) is 0 Å². The molecule has 0 aromatic heterocycles. The van der Waals surface area contributed by atoms with Crippen molar-refractivity contribution >= 4 is 36.8 Å². The quantitative estimate of drug-likeness (QED) is 0.0985. The maximum absolute atomic E-state index is 4.09. The van der Waals surface area contributed by atoms with Crippen molar-refractivity contribution in [1.29, 1.82) is 0 Å². The number of hydrogen-bond acceptors (Lipinski definition) is 0. The van der Waals surface area contributed by atoms with E-state index in [0.717, 1.165) is 0 Å². The summed E-state index contributed by atoms with van der Waals surface area (Å²) in [6.07, 6.45) is 19.2. The molecule has 0 aliphatic rings. The number of hydrogen-bond donors (Lipinski definition) is 0. The van der Waals surface area contributed by atoms with E-state index in [9.17, 15) is 0 Å². The third-order valence-corrected chi connectivity index (χ3v) is 34.2. The second-order valence-corrected chi connectivity index (χ2v) is 35.2. The van der Waals surface area contributed by atoms with Crippen molar-refractivity contribution < 1.29 is 0 Å². The van der Waals surface area contributed by atoms with Gasteiger partial charge in [0.05, 0.1) is 0 Å². The second-order valence-electron chi connectivity index (χ2n) is 9.87. The molecule has 0 spiro atoms. The van der Waals surface area contributed by atoms with Gasteiger partial charge in [0.15, 0.2) is 0 Å². The zero-order valence-electron chi connectivity index (χ0n) is 21.9. The van der Waals surface area contributed by atoms with Gasteiger partial charge in [-0.3, -0.25) is 0 Å². The van der Waals surface area contributed by atoms with Gasteiger partial charge in [-0.25, -0.2) is 0 Å². The Morgan fingerprint density at radius 1 is 0.500 bits per heavy atom. The summed E-state index contributed by atoms with van der Waals surface area (Å²) >= 11 is -4.45. The summed E-state index contributed by atoms with van der Waals surface area (Å²) in [5, 5.41) is 0. The summed E-state index contributed by atoms with van der Waals surface area (Å²) in [5.74, 6) is 3.75. The van der Waals surface area contributed by atoms with Crippen molar-refractivity contribution in [3.05, 3.63) is 10.2 Å². The second kappa shape index (κ2) is 20.5. The molecule has 0 saturated heterocycles. The first-order valence-electron chi connectivity index (χ1n) is 13.8. The van der Waals surface area contributed by atoms with E-state index in [1.807, 2.05) is 0 Å². The molecule has 0 rings (SSSR count). The first-order valence-corrected chi connectivity index (χ1v) is 29.0. The van der Waals surface area contributed by atoms with Crippen LogP contribution in [0.25, 0.3) is 0 Å². The third kappa shape index (κ3) is 14.1. The van der Waals surface area contributed by atoms with Crippen molar-refractivity contribution in [3.63, 3.8) is 0 Å². The van der Waals surface area contributed by atoms with Gasteiger partial charge in [0.2, 0.25) is 0 Å². The van der Waals surface area contributed by atoms with Crippen LogP contribution >= 0.6 is 0 Å². The van der Waals surface area contributed by atoms with Gasteiger partial charge in [0.25, 0.3) is 0 Å². The third-order valence-electron chi connectivity index (χ3n) is 6.97. The Morgan fingerprint density at radius 3 is 1.17 bits per heavy atom. The zero-order valence-corrected chi connectivity index (χ0v) is 27.6. The molecule has 0 heterocycles. The average molecular weight is 630 g/mol.